The molecule has 1 unspecified atom stereocenters. The van der Waals surface area contributed by atoms with Crippen molar-refractivity contribution in [1.29, 1.82) is 0 Å². The van der Waals surface area contributed by atoms with Gasteiger partial charge in [0.05, 0.1) is 19.3 Å². The highest BCUT2D eigenvalue weighted by Gasteiger charge is 2.28. The predicted molar refractivity (Wildman–Crippen MR) is 78.0 cm³/mol. The normalized spacial score (nSPS) is 13.9. The zero-order valence-electron chi connectivity index (χ0n) is 11.9. The van der Waals surface area contributed by atoms with Gasteiger partial charge in [-0.25, -0.2) is 0 Å². The lowest BCUT2D eigenvalue weighted by molar-refractivity contribution is -0.0399. The Bertz CT molecular complexity index is 168. The minimum Gasteiger partial charge on any atom is -0.379 e. The lowest BCUT2D eigenvalue weighted by Gasteiger charge is -2.32. The molecule has 0 rings (SSSR count). The first kappa shape index (κ1) is 17.4. The van der Waals surface area contributed by atoms with Crippen LogP contribution in [0.3, 0.4) is 0 Å². The Morgan fingerprint density at radius 1 is 1.12 bits per heavy atom. The second-order valence-electron chi connectivity index (χ2n) is 4.91. The van der Waals surface area contributed by atoms with Crippen LogP contribution in [0.15, 0.2) is 0 Å². The van der Waals surface area contributed by atoms with E-state index in [4.69, 9.17) is 9.47 Å². The Morgan fingerprint density at radius 2 is 1.71 bits per heavy atom. The average Bonchev–Trinajstić information content (AvgIpc) is 2.34. The van der Waals surface area contributed by atoms with Gasteiger partial charge in [0.25, 0.3) is 0 Å². The highest BCUT2D eigenvalue weighted by molar-refractivity contribution is 9.09. The second-order valence-corrected chi connectivity index (χ2v) is 5.48. The van der Waals surface area contributed by atoms with Gasteiger partial charge < -0.3 is 9.47 Å². The fourth-order valence-corrected chi connectivity index (χ4v) is 2.88. The average molecular weight is 309 g/mol. The molecule has 0 radical (unpaired) electrons. The summed E-state index contributed by atoms with van der Waals surface area (Å²) in [6, 6.07) is 0. The molecule has 0 aliphatic heterocycles. The van der Waals surface area contributed by atoms with Crippen LogP contribution in [0.4, 0.5) is 0 Å². The van der Waals surface area contributed by atoms with Gasteiger partial charge in [0.2, 0.25) is 0 Å². The molecule has 0 saturated carbocycles. The van der Waals surface area contributed by atoms with Crippen LogP contribution in [0.5, 0.6) is 0 Å². The standard InChI is InChI=1S/C14H29BrO2/c1-5-8-14(11-15,9-6-2)12-17-13(4)10-16-7-3/h13H,5-12H2,1-4H3. The topological polar surface area (TPSA) is 18.5 Å². The van der Waals surface area contributed by atoms with Crippen LogP contribution in [-0.4, -0.2) is 31.3 Å². The summed E-state index contributed by atoms with van der Waals surface area (Å²) in [6.07, 6.45) is 5.09. The van der Waals surface area contributed by atoms with Crippen molar-refractivity contribution in [2.75, 3.05) is 25.2 Å². The minimum atomic E-state index is 0.196. The van der Waals surface area contributed by atoms with Crippen molar-refractivity contribution < 1.29 is 9.47 Å². The molecule has 0 aliphatic carbocycles. The Kier molecular flexibility index (Phi) is 10.6. The minimum absolute atomic E-state index is 0.196. The van der Waals surface area contributed by atoms with Gasteiger partial charge in [-0.3, -0.25) is 0 Å². The fraction of sp³-hybridized carbons (Fsp3) is 1.00. The number of hydrogen-bond acceptors (Lipinski definition) is 2. The van der Waals surface area contributed by atoms with Crippen molar-refractivity contribution in [2.45, 2.75) is 59.5 Å². The van der Waals surface area contributed by atoms with Crippen LogP contribution in [0, 0.1) is 5.41 Å². The van der Waals surface area contributed by atoms with Crippen LogP contribution in [0.2, 0.25) is 0 Å². The largest absolute Gasteiger partial charge is 0.379 e. The van der Waals surface area contributed by atoms with Crippen LogP contribution in [0.1, 0.15) is 53.4 Å². The third kappa shape index (κ3) is 7.43. The van der Waals surface area contributed by atoms with E-state index in [1.54, 1.807) is 0 Å². The van der Waals surface area contributed by atoms with E-state index in [2.05, 4.69) is 36.7 Å². The highest BCUT2D eigenvalue weighted by atomic mass is 79.9. The zero-order valence-corrected chi connectivity index (χ0v) is 13.5. The van der Waals surface area contributed by atoms with Crippen molar-refractivity contribution in [3.8, 4) is 0 Å². The van der Waals surface area contributed by atoms with Crippen LogP contribution < -0.4 is 0 Å². The Morgan fingerprint density at radius 3 is 2.12 bits per heavy atom. The smallest absolute Gasteiger partial charge is 0.0780 e. The maximum atomic E-state index is 5.95. The van der Waals surface area contributed by atoms with E-state index in [9.17, 15) is 0 Å². The number of hydrogen-bond donors (Lipinski definition) is 0. The van der Waals surface area contributed by atoms with Gasteiger partial charge in [-0.1, -0.05) is 42.6 Å². The van der Waals surface area contributed by atoms with Crippen molar-refractivity contribution in [1.82, 2.24) is 0 Å². The summed E-state index contributed by atoms with van der Waals surface area (Å²) >= 11 is 3.67. The van der Waals surface area contributed by atoms with E-state index >= 15 is 0 Å². The molecule has 1 atom stereocenters. The van der Waals surface area contributed by atoms with Gasteiger partial charge in [0.1, 0.15) is 0 Å². The van der Waals surface area contributed by atoms with E-state index in [1.165, 1.54) is 25.7 Å². The lowest BCUT2D eigenvalue weighted by Crippen LogP contribution is -2.32. The first-order chi connectivity index (χ1) is 8.14. The fourth-order valence-electron chi connectivity index (χ4n) is 2.15. The van der Waals surface area contributed by atoms with E-state index in [0.717, 1.165) is 18.5 Å². The molecule has 0 N–H and O–H groups in total. The summed E-state index contributed by atoms with van der Waals surface area (Å²) in [6.45, 7) is 10.9. The van der Waals surface area contributed by atoms with Gasteiger partial charge in [0.15, 0.2) is 0 Å². The maximum Gasteiger partial charge on any atom is 0.0780 e. The van der Waals surface area contributed by atoms with Gasteiger partial charge in [-0.05, 0) is 26.7 Å². The van der Waals surface area contributed by atoms with Crippen LogP contribution in [0.25, 0.3) is 0 Å². The number of alkyl halides is 1. The number of ether oxygens (including phenoxy) is 2. The van der Waals surface area contributed by atoms with Crippen LogP contribution in [-0.2, 0) is 9.47 Å². The molecule has 3 heteroatoms. The third-order valence-corrected chi connectivity index (χ3v) is 4.26. The molecule has 0 aromatic carbocycles. The molecule has 0 amide bonds. The summed E-state index contributed by atoms with van der Waals surface area (Å²) in [5.41, 5.74) is 0.309. The molecular weight excluding hydrogens is 280 g/mol. The molecule has 0 saturated heterocycles. The lowest BCUT2D eigenvalue weighted by atomic mass is 9.82. The van der Waals surface area contributed by atoms with E-state index in [-0.39, 0.29) is 6.10 Å². The first-order valence-electron chi connectivity index (χ1n) is 6.89. The highest BCUT2D eigenvalue weighted by Crippen LogP contribution is 2.32. The summed E-state index contributed by atoms with van der Waals surface area (Å²) in [4.78, 5) is 0. The van der Waals surface area contributed by atoms with Gasteiger partial charge in [-0.2, -0.15) is 0 Å². The maximum absolute atomic E-state index is 5.95. The summed E-state index contributed by atoms with van der Waals surface area (Å²) in [5, 5.41) is 1.03. The zero-order chi connectivity index (χ0) is 13.1. The Hall–Kier alpha value is 0.400. The summed E-state index contributed by atoms with van der Waals surface area (Å²) in [7, 11) is 0. The van der Waals surface area contributed by atoms with E-state index in [1.807, 2.05) is 6.92 Å². The van der Waals surface area contributed by atoms with Crippen LogP contribution >= 0.6 is 15.9 Å². The molecule has 17 heavy (non-hydrogen) atoms. The molecule has 104 valence electrons. The molecule has 0 heterocycles. The molecule has 0 aliphatic rings. The monoisotopic (exact) mass is 308 g/mol. The molecule has 0 bridgehead atoms. The van der Waals surface area contributed by atoms with Crippen molar-refractivity contribution in [3.63, 3.8) is 0 Å². The predicted octanol–water partition coefficient (Wildman–Crippen LogP) is 4.41. The van der Waals surface area contributed by atoms with Gasteiger partial charge in [0, 0.05) is 17.4 Å². The second kappa shape index (κ2) is 10.3. The quantitative estimate of drug-likeness (QED) is 0.526. The Balaban J connectivity index is 4.13. The molecular formula is C14H29BrO2. The molecule has 2 nitrogen and oxygen atoms in total. The number of halogens is 1. The molecule has 0 aromatic heterocycles. The molecule has 0 fully saturated rings. The SMILES string of the molecule is CCCC(CBr)(CCC)COC(C)COCC. The van der Waals surface area contributed by atoms with Gasteiger partial charge in [-0.15, -0.1) is 0 Å². The first-order valence-corrected chi connectivity index (χ1v) is 8.01. The van der Waals surface area contributed by atoms with Crippen molar-refractivity contribution >= 4 is 15.9 Å². The summed E-state index contributed by atoms with van der Waals surface area (Å²) < 4.78 is 11.3. The summed E-state index contributed by atoms with van der Waals surface area (Å²) in [5.74, 6) is 0. The van der Waals surface area contributed by atoms with E-state index in [0.29, 0.717) is 12.0 Å². The van der Waals surface area contributed by atoms with Crippen molar-refractivity contribution in [2.24, 2.45) is 5.41 Å². The molecule has 0 aromatic rings. The van der Waals surface area contributed by atoms with Gasteiger partial charge >= 0.3 is 0 Å². The van der Waals surface area contributed by atoms with Crippen molar-refractivity contribution in [3.05, 3.63) is 0 Å². The molecule has 0 spiro atoms. The van der Waals surface area contributed by atoms with E-state index < -0.39 is 0 Å². The Labute approximate surface area is 116 Å². The third-order valence-electron chi connectivity index (χ3n) is 3.07. The number of rotatable bonds is 11.